The number of carbonyl (C=O) groups excluding carboxylic acids is 2. The highest BCUT2D eigenvalue weighted by molar-refractivity contribution is 7.15. The zero-order valence-corrected chi connectivity index (χ0v) is 14.0. The molecule has 1 aliphatic rings. The molecule has 0 unspecified atom stereocenters. The van der Waals surface area contributed by atoms with Crippen LogP contribution >= 0.6 is 11.3 Å². The Morgan fingerprint density at radius 3 is 2.78 bits per heavy atom. The van der Waals surface area contributed by atoms with E-state index in [1.807, 2.05) is 19.1 Å². The van der Waals surface area contributed by atoms with E-state index in [0.717, 1.165) is 29.8 Å². The monoisotopic (exact) mass is 332 g/mol. The Balaban J connectivity index is 1.57. The number of hydrogen-bond donors (Lipinski definition) is 3. The maximum atomic E-state index is 12.1. The quantitative estimate of drug-likeness (QED) is 0.787. The smallest absolute Gasteiger partial charge is 0.247 e. The second-order valence-corrected chi connectivity index (χ2v) is 7.21. The highest BCUT2D eigenvalue weighted by Gasteiger charge is 2.27. The van der Waals surface area contributed by atoms with E-state index in [4.69, 9.17) is 0 Å². The van der Waals surface area contributed by atoms with Gasteiger partial charge in [-0.2, -0.15) is 5.10 Å². The predicted octanol–water partition coefficient (Wildman–Crippen LogP) is 2.69. The first-order chi connectivity index (χ1) is 11.0. The normalized spacial score (nSPS) is 15.7. The first-order valence-electron chi connectivity index (χ1n) is 7.76. The Morgan fingerprint density at radius 2 is 2.17 bits per heavy atom. The number of anilines is 1. The van der Waals surface area contributed by atoms with Crippen LogP contribution in [0.5, 0.6) is 0 Å². The van der Waals surface area contributed by atoms with Gasteiger partial charge in [-0.3, -0.25) is 14.7 Å². The minimum Gasteiger partial charge on any atom is -0.344 e. The third kappa shape index (κ3) is 3.61. The maximum absolute atomic E-state index is 12.1. The lowest BCUT2D eigenvalue weighted by molar-refractivity contribution is -0.130. The van der Waals surface area contributed by atoms with E-state index in [-0.39, 0.29) is 17.7 Å². The molecule has 2 aromatic rings. The molecule has 2 amide bonds. The van der Waals surface area contributed by atoms with Gasteiger partial charge in [-0.1, -0.05) is 6.42 Å². The van der Waals surface area contributed by atoms with Crippen LogP contribution in [0.25, 0.3) is 10.6 Å². The lowest BCUT2D eigenvalue weighted by atomic mass is 9.84. The molecule has 3 rings (SSSR count). The second kappa shape index (κ2) is 6.54. The molecule has 2 heterocycles. The van der Waals surface area contributed by atoms with Gasteiger partial charge in [0, 0.05) is 16.9 Å². The van der Waals surface area contributed by atoms with E-state index in [1.54, 1.807) is 24.3 Å². The summed E-state index contributed by atoms with van der Waals surface area (Å²) in [6.07, 6.45) is 2.93. The molecule has 23 heavy (non-hydrogen) atoms. The average Bonchev–Trinajstić information content (AvgIpc) is 3.05. The summed E-state index contributed by atoms with van der Waals surface area (Å²) in [7, 11) is 0. The summed E-state index contributed by atoms with van der Waals surface area (Å²) >= 11 is 1.66. The van der Waals surface area contributed by atoms with Gasteiger partial charge in [0.2, 0.25) is 11.8 Å². The summed E-state index contributed by atoms with van der Waals surface area (Å²) in [5, 5.41) is 12.5. The van der Waals surface area contributed by atoms with Gasteiger partial charge in [0.15, 0.2) is 5.82 Å². The average molecular weight is 332 g/mol. The summed E-state index contributed by atoms with van der Waals surface area (Å²) < 4.78 is 0. The number of carbonyl (C=O) groups is 2. The molecule has 1 fully saturated rings. The zero-order valence-electron chi connectivity index (χ0n) is 13.2. The molecule has 1 saturated carbocycles. The van der Waals surface area contributed by atoms with Crippen molar-refractivity contribution in [1.29, 1.82) is 0 Å². The van der Waals surface area contributed by atoms with Crippen LogP contribution in [0.1, 0.15) is 31.1 Å². The van der Waals surface area contributed by atoms with Crippen LogP contribution < -0.4 is 10.6 Å². The number of aryl methyl sites for hydroxylation is 1. The Labute approximate surface area is 138 Å². The Bertz CT molecular complexity index is 717. The van der Waals surface area contributed by atoms with E-state index in [2.05, 4.69) is 20.8 Å². The van der Waals surface area contributed by atoms with Gasteiger partial charge >= 0.3 is 0 Å². The Morgan fingerprint density at radius 1 is 1.39 bits per heavy atom. The van der Waals surface area contributed by atoms with E-state index >= 15 is 0 Å². The standard InChI is InChI=1S/C16H20N4O2S/c1-9-6-7-13(23-9)12-8-14(20-19-12)18-15(21)10(2)17-16(22)11-4-3-5-11/h6-8,10-11H,3-5H2,1-2H3,(H,17,22)(H2,18,19,20,21)/t10-/m1/s1. The summed E-state index contributed by atoms with van der Waals surface area (Å²) in [6, 6.07) is 5.27. The molecule has 6 nitrogen and oxygen atoms in total. The first kappa shape index (κ1) is 15.7. The molecule has 3 N–H and O–H groups in total. The van der Waals surface area contributed by atoms with Crippen LogP contribution in [0.4, 0.5) is 5.82 Å². The molecule has 0 radical (unpaired) electrons. The SMILES string of the molecule is Cc1ccc(-c2cc(NC(=O)[C@@H](C)NC(=O)C3CCC3)n[nH]2)s1. The van der Waals surface area contributed by atoms with Gasteiger partial charge in [-0.15, -0.1) is 11.3 Å². The highest BCUT2D eigenvalue weighted by atomic mass is 32.1. The van der Waals surface area contributed by atoms with Gasteiger partial charge in [0.25, 0.3) is 0 Å². The number of H-pyrrole nitrogens is 1. The van der Waals surface area contributed by atoms with Gasteiger partial charge in [0.05, 0.1) is 10.6 Å². The topological polar surface area (TPSA) is 86.9 Å². The molecular formula is C16H20N4O2S. The second-order valence-electron chi connectivity index (χ2n) is 5.92. The molecule has 7 heteroatoms. The van der Waals surface area contributed by atoms with Crippen molar-refractivity contribution >= 4 is 29.0 Å². The highest BCUT2D eigenvalue weighted by Crippen LogP contribution is 2.28. The summed E-state index contributed by atoms with van der Waals surface area (Å²) in [5.41, 5.74) is 0.865. The van der Waals surface area contributed by atoms with Crippen LogP contribution in [-0.4, -0.2) is 28.1 Å². The molecular weight excluding hydrogens is 312 g/mol. The zero-order chi connectivity index (χ0) is 16.4. The number of hydrogen-bond acceptors (Lipinski definition) is 4. The molecule has 122 valence electrons. The lowest BCUT2D eigenvalue weighted by Gasteiger charge is -2.25. The Hall–Kier alpha value is -2.15. The third-order valence-electron chi connectivity index (χ3n) is 4.06. The fourth-order valence-electron chi connectivity index (χ4n) is 2.39. The van der Waals surface area contributed by atoms with Gasteiger partial charge < -0.3 is 10.6 Å². The number of aromatic amines is 1. The van der Waals surface area contributed by atoms with Gasteiger partial charge in [-0.25, -0.2) is 0 Å². The molecule has 1 atom stereocenters. The van der Waals surface area contributed by atoms with Crippen LogP contribution in [0.2, 0.25) is 0 Å². The molecule has 0 spiro atoms. The largest absolute Gasteiger partial charge is 0.344 e. The van der Waals surface area contributed by atoms with E-state index < -0.39 is 6.04 Å². The fraction of sp³-hybridized carbons (Fsp3) is 0.438. The van der Waals surface area contributed by atoms with Gasteiger partial charge in [0.1, 0.15) is 6.04 Å². The first-order valence-corrected chi connectivity index (χ1v) is 8.58. The lowest BCUT2D eigenvalue weighted by Crippen LogP contribution is -2.45. The molecule has 0 aliphatic heterocycles. The van der Waals surface area contributed by atoms with Crippen LogP contribution in [0, 0.1) is 12.8 Å². The maximum Gasteiger partial charge on any atom is 0.247 e. The predicted molar refractivity (Wildman–Crippen MR) is 90.2 cm³/mol. The summed E-state index contributed by atoms with van der Waals surface area (Å²) in [6.45, 7) is 3.72. The van der Waals surface area contributed by atoms with Crippen molar-refractivity contribution in [3.63, 3.8) is 0 Å². The third-order valence-corrected chi connectivity index (χ3v) is 5.10. The van der Waals surface area contributed by atoms with Crippen molar-refractivity contribution in [1.82, 2.24) is 15.5 Å². The van der Waals surface area contributed by atoms with Crippen molar-refractivity contribution in [2.24, 2.45) is 5.92 Å². The number of aromatic nitrogens is 2. The van der Waals surface area contributed by atoms with Crippen LogP contribution in [0.15, 0.2) is 18.2 Å². The number of nitrogens with one attached hydrogen (secondary N) is 3. The minimum absolute atomic E-state index is 0.0318. The van der Waals surface area contributed by atoms with E-state index in [0.29, 0.717) is 5.82 Å². The minimum atomic E-state index is -0.577. The number of rotatable bonds is 5. The van der Waals surface area contributed by atoms with Crippen molar-refractivity contribution in [3.8, 4) is 10.6 Å². The number of nitrogens with zero attached hydrogens (tertiary/aromatic N) is 1. The molecule has 2 aromatic heterocycles. The fourth-order valence-corrected chi connectivity index (χ4v) is 3.23. The molecule has 0 aromatic carbocycles. The van der Waals surface area contributed by atoms with Crippen molar-refractivity contribution in [3.05, 3.63) is 23.1 Å². The number of thiophene rings is 1. The van der Waals surface area contributed by atoms with Crippen molar-refractivity contribution < 1.29 is 9.59 Å². The van der Waals surface area contributed by atoms with Crippen molar-refractivity contribution in [2.75, 3.05) is 5.32 Å². The van der Waals surface area contributed by atoms with Gasteiger partial charge in [-0.05, 0) is 38.8 Å². The summed E-state index contributed by atoms with van der Waals surface area (Å²) in [4.78, 5) is 26.3. The molecule has 0 saturated heterocycles. The number of amides is 2. The van der Waals surface area contributed by atoms with Crippen LogP contribution in [0.3, 0.4) is 0 Å². The summed E-state index contributed by atoms with van der Waals surface area (Å²) in [5.74, 6) is 0.235. The Kier molecular flexibility index (Phi) is 4.47. The van der Waals surface area contributed by atoms with E-state index in [1.165, 1.54) is 4.88 Å². The van der Waals surface area contributed by atoms with Crippen LogP contribution in [-0.2, 0) is 9.59 Å². The molecule has 0 bridgehead atoms. The molecule has 1 aliphatic carbocycles. The van der Waals surface area contributed by atoms with E-state index in [9.17, 15) is 9.59 Å². The van der Waals surface area contributed by atoms with Crippen molar-refractivity contribution in [2.45, 2.75) is 39.2 Å².